The van der Waals surface area contributed by atoms with Gasteiger partial charge < -0.3 is 14.9 Å². The van der Waals surface area contributed by atoms with E-state index in [1.807, 2.05) is 19.1 Å². The third-order valence-corrected chi connectivity index (χ3v) is 7.27. The summed E-state index contributed by atoms with van der Waals surface area (Å²) in [7, 11) is 0. The zero-order chi connectivity index (χ0) is 21.2. The molecule has 30 heavy (non-hydrogen) atoms. The molecule has 4 nitrogen and oxygen atoms in total. The van der Waals surface area contributed by atoms with Gasteiger partial charge in [0.05, 0.1) is 17.8 Å². The van der Waals surface area contributed by atoms with E-state index in [0.29, 0.717) is 31.1 Å². The number of aromatic carboxylic acids is 1. The Labute approximate surface area is 178 Å². The van der Waals surface area contributed by atoms with E-state index in [1.54, 1.807) is 6.07 Å². The van der Waals surface area contributed by atoms with Gasteiger partial charge in [0.1, 0.15) is 0 Å². The number of benzene rings is 2. The summed E-state index contributed by atoms with van der Waals surface area (Å²) < 4.78 is 5.63. The van der Waals surface area contributed by atoms with Crippen LogP contribution in [0.15, 0.2) is 48.5 Å². The topological polar surface area (TPSA) is 66.8 Å². The maximum absolute atomic E-state index is 11.6. The van der Waals surface area contributed by atoms with E-state index in [4.69, 9.17) is 4.74 Å². The molecule has 2 aromatic carbocycles. The van der Waals surface area contributed by atoms with Crippen LogP contribution in [-0.4, -0.2) is 35.0 Å². The predicted octanol–water partition coefficient (Wildman–Crippen LogP) is 4.77. The van der Waals surface area contributed by atoms with E-state index in [-0.39, 0.29) is 5.41 Å². The first kappa shape index (κ1) is 21.1. The second-order valence-corrected chi connectivity index (χ2v) is 9.15. The Hall–Kier alpha value is -2.17. The Balaban J connectivity index is 1.77. The van der Waals surface area contributed by atoms with Crippen molar-refractivity contribution in [1.29, 1.82) is 0 Å². The predicted molar refractivity (Wildman–Crippen MR) is 117 cm³/mol. The SMILES string of the molecule is CCOC[C@@]1(O)CC[C@@]2(Cc3ccccc3)c3ccc(C(=O)O)cc3CCC[C@H]2C1. The minimum Gasteiger partial charge on any atom is -0.478 e. The molecule has 0 saturated heterocycles. The van der Waals surface area contributed by atoms with Gasteiger partial charge in [-0.05, 0) is 86.6 Å². The number of hydrogen-bond donors (Lipinski definition) is 2. The summed E-state index contributed by atoms with van der Waals surface area (Å²) in [6.07, 6.45) is 6.20. The number of carboxylic acids is 1. The molecule has 2 aliphatic carbocycles. The van der Waals surface area contributed by atoms with Gasteiger partial charge in [-0.15, -0.1) is 0 Å². The highest BCUT2D eigenvalue weighted by Gasteiger charge is 2.50. The molecule has 0 unspecified atom stereocenters. The lowest BCUT2D eigenvalue weighted by atomic mass is 9.56. The number of carboxylic acid groups (broad SMARTS) is 1. The molecule has 2 aliphatic rings. The van der Waals surface area contributed by atoms with E-state index in [1.165, 1.54) is 16.7 Å². The normalized spacial score (nSPS) is 28.3. The van der Waals surface area contributed by atoms with E-state index in [9.17, 15) is 15.0 Å². The summed E-state index contributed by atoms with van der Waals surface area (Å²) in [4.78, 5) is 11.6. The highest BCUT2D eigenvalue weighted by Crippen LogP contribution is 2.53. The van der Waals surface area contributed by atoms with E-state index >= 15 is 0 Å². The lowest BCUT2D eigenvalue weighted by Crippen LogP contribution is -2.51. The first-order valence-corrected chi connectivity index (χ1v) is 11.2. The highest BCUT2D eigenvalue weighted by molar-refractivity contribution is 5.88. The zero-order valence-corrected chi connectivity index (χ0v) is 17.8. The summed E-state index contributed by atoms with van der Waals surface area (Å²) >= 11 is 0. The minimum absolute atomic E-state index is 0.0807. The van der Waals surface area contributed by atoms with Crippen molar-refractivity contribution in [2.24, 2.45) is 5.92 Å². The van der Waals surface area contributed by atoms with Crippen LogP contribution in [0.25, 0.3) is 0 Å². The number of fused-ring (bicyclic) bond motifs is 3. The van der Waals surface area contributed by atoms with E-state index in [2.05, 4.69) is 30.3 Å². The van der Waals surface area contributed by atoms with Gasteiger partial charge in [0, 0.05) is 12.0 Å². The Kier molecular flexibility index (Phi) is 5.99. The van der Waals surface area contributed by atoms with Crippen LogP contribution in [-0.2, 0) is 23.0 Å². The summed E-state index contributed by atoms with van der Waals surface area (Å²) in [5, 5.41) is 20.8. The van der Waals surface area contributed by atoms with Gasteiger partial charge in [-0.3, -0.25) is 0 Å². The maximum atomic E-state index is 11.6. The van der Waals surface area contributed by atoms with Crippen LogP contribution < -0.4 is 0 Å². The molecule has 2 aromatic rings. The Morgan fingerprint density at radius 3 is 2.70 bits per heavy atom. The minimum atomic E-state index is -0.870. The molecule has 0 heterocycles. The molecule has 0 spiro atoms. The average Bonchev–Trinajstić information content (AvgIpc) is 2.89. The molecule has 0 amide bonds. The molecule has 0 aromatic heterocycles. The maximum Gasteiger partial charge on any atom is 0.335 e. The van der Waals surface area contributed by atoms with Crippen LogP contribution in [0.4, 0.5) is 0 Å². The molecule has 0 aliphatic heterocycles. The molecule has 1 fully saturated rings. The largest absolute Gasteiger partial charge is 0.478 e. The Bertz CT molecular complexity index is 893. The number of hydrogen-bond acceptors (Lipinski definition) is 3. The zero-order valence-electron chi connectivity index (χ0n) is 17.8. The number of aryl methyl sites for hydroxylation is 1. The van der Waals surface area contributed by atoms with Gasteiger partial charge in [0.15, 0.2) is 0 Å². The third kappa shape index (κ3) is 4.03. The van der Waals surface area contributed by atoms with Crippen LogP contribution in [0.3, 0.4) is 0 Å². The Morgan fingerprint density at radius 1 is 1.17 bits per heavy atom. The van der Waals surface area contributed by atoms with Gasteiger partial charge >= 0.3 is 5.97 Å². The van der Waals surface area contributed by atoms with Crippen molar-refractivity contribution in [3.8, 4) is 0 Å². The fraction of sp³-hybridized carbons (Fsp3) is 0.500. The van der Waals surface area contributed by atoms with E-state index in [0.717, 1.165) is 38.5 Å². The second-order valence-electron chi connectivity index (χ2n) is 9.15. The lowest BCUT2D eigenvalue weighted by Gasteiger charge is -2.50. The quantitative estimate of drug-likeness (QED) is 0.723. The Morgan fingerprint density at radius 2 is 1.97 bits per heavy atom. The fourth-order valence-corrected chi connectivity index (χ4v) is 5.82. The van der Waals surface area contributed by atoms with Crippen molar-refractivity contribution >= 4 is 5.97 Å². The van der Waals surface area contributed by atoms with Crippen LogP contribution in [0.1, 0.15) is 66.1 Å². The number of carbonyl (C=O) groups is 1. The molecule has 0 radical (unpaired) electrons. The molecule has 2 N–H and O–H groups in total. The van der Waals surface area contributed by atoms with Crippen LogP contribution in [0, 0.1) is 5.92 Å². The summed E-state index contributed by atoms with van der Waals surface area (Å²) in [6.45, 7) is 2.98. The molecule has 4 rings (SSSR count). The van der Waals surface area contributed by atoms with Gasteiger partial charge in [0.25, 0.3) is 0 Å². The standard InChI is InChI=1S/C26H32O4/c1-2-30-18-25(29)13-14-26(16-19-7-4-3-5-8-19)22(17-25)10-6-9-20-15-21(24(27)28)11-12-23(20)26/h3-5,7-8,11-12,15,22,29H,2,6,9-10,13-14,16-18H2,1H3,(H,27,28)/t22-,25+,26-/m0/s1. The van der Waals surface area contributed by atoms with Crippen molar-refractivity contribution in [2.45, 2.75) is 62.9 Å². The first-order chi connectivity index (χ1) is 14.5. The summed E-state index contributed by atoms with van der Waals surface area (Å²) in [5.41, 5.74) is 3.27. The van der Waals surface area contributed by atoms with Gasteiger partial charge in [0.2, 0.25) is 0 Å². The summed E-state index contributed by atoms with van der Waals surface area (Å²) in [6, 6.07) is 16.3. The molecule has 0 bridgehead atoms. The highest BCUT2D eigenvalue weighted by atomic mass is 16.5. The number of ether oxygens (including phenoxy) is 1. The molecule has 1 saturated carbocycles. The first-order valence-electron chi connectivity index (χ1n) is 11.2. The van der Waals surface area contributed by atoms with Crippen LogP contribution >= 0.6 is 0 Å². The monoisotopic (exact) mass is 408 g/mol. The number of aliphatic hydroxyl groups is 1. The number of rotatable bonds is 6. The molecule has 4 heteroatoms. The lowest BCUT2D eigenvalue weighted by molar-refractivity contribution is -0.0970. The van der Waals surface area contributed by atoms with E-state index < -0.39 is 11.6 Å². The molecular weight excluding hydrogens is 376 g/mol. The molecule has 3 atom stereocenters. The average molecular weight is 409 g/mol. The van der Waals surface area contributed by atoms with Gasteiger partial charge in [-0.1, -0.05) is 36.4 Å². The molecule has 160 valence electrons. The third-order valence-electron chi connectivity index (χ3n) is 7.27. The van der Waals surface area contributed by atoms with Gasteiger partial charge in [-0.25, -0.2) is 4.79 Å². The van der Waals surface area contributed by atoms with Crippen molar-refractivity contribution in [2.75, 3.05) is 13.2 Å². The van der Waals surface area contributed by atoms with Crippen LogP contribution in [0.5, 0.6) is 0 Å². The van der Waals surface area contributed by atoms with Crippen molar-refractivity contribution in [3.05, 3.63) is 70.8 Å². The second kappa shape index (κ2) is 8.52. The van der Waals surface area contributed by atoms with Crippen molar-refractivity contribution < 1.29 is 19.7 Å². The van der Waals surface area contributed by atoms with Crippen molar-refractivity contribution in [3.63, 3.8) is 0 Å². The summed E-state index contributed by atoms with van der Waals surface area (Å²) in [5.74, 6) is -0.528. The smallest absolute Gasteiger partial charge is 0.335 e. The fourth-order valence-electron chi connectivity index (χ4n) is 5.82. The van der Waals surface area contributed by atoms with Gasteiger partial charge in [-0.2, -0.15) is 0 Å². The van der Waals surface area contributed by atoms with Crippen LogP contribution in [0.2, 0.25) is 0 Å². The molecular formula is C26H32O4. The van der Waals surface area contributed by atoms with Crippen molar-refractivity contribution in [1.82, 2.24) is 0 Å².